The normalized spacial score (nSPS) is 11.5. The number of hydrogen-bond donors (Lipinski definition) is 1. The van der Waals surface area contributed by atoms with E-state index in [9.17, 15) is 4.79 Å². The Kier molecular flexibility index (Phi) is 5.33. The first-order valence-corrected chi connectivity index (χ1v) is 3.97. The molecule has 1 N–H and O–H groups in total. The monoisotopic (exact) mass is 198 g/mol. The van der Waals surface area contributed by atoms with Gasteiger partial charge in [-0.25, -0.2) is 0 Å². The van der Waals surface area contributed by atoms with Crippen LogP contribution in [-0.2, 0) is 11.2 Å². The molecule has 0 saturated carbocycles. The molecule has 0 aliphatic heterocycles. The second-order valence-corrected chi connectivity index (χ2v) is 2.93. The Bertz CT molecular complexity index is 259. The van der Waals surface area contributed by atoms with Gasteiger partial charge in [0.2, 0.25) is 0 Å². The van der Waals surface area contributed by atoms with Crippen LogP contribution in [0.15, 0.2) is 30.3 Å². The van der Waals surface area contributed by atoms with Gasteiger partial charge in [0, 0.05) is 0 Å². The average Bonchev–Trinajstić information content (AvgIpc) is 2.06. The molecule has 0 fully saturated rings. The molecule has 2 atom stereocenters. The van der Waals surface area contributed by atoms with E-state index in [0.29, 0.717) is 6.42 Å². The summed E-state index contributed by atoms with van der Waals surface area (Å²) in [6, 6.07) is 9.65. The highest BCUT2D eigenvalue weighted by atomic mass is 31.0. The Morgan fingerprint density at radius 2 is 1.92 bits per heavy atom. The molecule has 1 rings (SSSR count). The molecule has 0 amide bonds. The minimum Gasteiger partial charge on any atom is -0.481 e. The summed E-state index contributed by atoms with van der Waals surface area (Å²) >= 11 is 0. The smallest absolute Gasteiger partial charge is 0.306 e. The van der Waals surface area contributed by atoms with Crippen LogP contribution >= 0.6 is 9.90 Å². The summed E-state index contributed by atoms with van der Waals surface area (Å²) in [4.78, 5) is 10.5. The summed E-state index contributed by atoms with van der Waals surface area (Å²) in [5.74, 6) is -1.04. The largest absolute Gasteiger partial charge is 0.481 e. The Morgan fingerprint density at radius 1 is 1.38 bits per heavy atom. The van der Waals surface area contributed by atoms with Crippen molar-refractivity contribution in [3.05, 3.63) is 35.9 Å². The highest BCUT2D eigenvalue weighted by Crippen LogP contribution is 2.07. The number of carbonyl (C=O) groups is 1. The second kappa shape index (κ2) is 5.71. The maximum Gasteiger partial charge on any atom is 0.306 e. The van der Waals surface area contributed by atoms with Gasteiger partial charge >= 0.3 is 5.97 Å². The van der Waals surface area contributed by atoms with E-state index in [2.05, 4.69) is 0 Å². The van der Waals surface area contributed by atoms with Crippen molar-refractivity contribution in [2.45, 2.75) is 13.3 Å². The number of rotatable bonds is 3. The number of aliphatic carboxylic acids is 1. The van der Waals surface area contributed by atoms with E-state index < -0.39 is 5.97 Å². The SMILES string of the molecule is CC(Cc1ccccc1)C(=O)O.P. The van der Waals surface area contributed by atoms with Crippen LogP contribution in [0.25, 0.3) is 0 Å². The van der Waals surface area contributed by atoms with E-state index in [1.54, 1.807) is 6.92 Å². The zero-order chi connectivity index (χ0) is 8.97. The van der Waals surface area contributed by atoms with Crippen molar-refractivity contribution in [3.63, 3.8) is 0 Å². The van der Waals surface area contributed by atoms with Crippen LogP contribution in [0.2, 0.25) is 0 Å². The van der Waals surface area contributed by atoms with Gasteiger partial charge in [-0.2, -0.15) is 9.90 Å². The first-order chi connectivity index (χ1) is 5.70. The first kappa shape index (κ1) is 12.1. The molecule has 0 saturated heterocycles. The zero-order valence-electron chi connectivity index (χ0n) is 7.73. The second-order valence-electron chi connectivity index (χ2n) is 2.93. The summed E-state index contributed by atoms with van der Waals surface area (Å²) in [6.07, 6.45) is 0.607. The van der Waals surface area contributed by atoms with Gasteiger partial charge in [-0.15, -0.1) is 0 Å². The van der Waals surface area contributed by atoms with Gasteiger partial charge < -0.3 is 5.11 Å². The molecule has 0 aliphatic carbocycles. The van der Waals surface area contributed by atoms with Gasteiger partial charge in [-0.3, -0.25) is 4.79 Å². The lowest BCUT2D eigenvalue weighted by Gasteiger charge is -2.04. The Balaban J connectivity index is 0.00000144. The van der Waals surface area contributed by atoms with E-state index in [4.69, 9.17) is 5.11 Å². The van der Waals surface area contributed by atoms with Gasteiger partial charge in [0.05, 0.1) is 5.92 Å². The van der Waals surface area contributed by atoms with Crippen molar-refractivity contribution >= 4 is 15.9 Å². The molecular formula is C10H15O2P. The molecule has 1 aromatic carbocycles. The van der Waals surface area contributed by atoms with Crippen LogP contribution < -0.4 is 0 Å². The van der Waals surface area contributed by atoms with Gasteiger partial charge in [0.15, 0.2) is 0 Å². The predicted molar refractivity (Wildman–Crippen MR) is 58.1 cm³/mol. The lowest BCUT2D eigenvalue weighted by atomic mass is 10.0. The van der Waals surface area contributed by atoms with Crippen LogP contribution in [0.1, 0.15) is 12.5 Å². The molecule has 2 unspecified atom stereocenters. The minimum atomic E-state index is -0.737. The molecule has 3 heteroatoms. The molecule has 0 aromatic heterocycles. The molecule has 72 valence electrons. The van der Waals surface area contributed by atoms with Crippen molar-refractivity contribution in [1.82, 2.24) is 0 Å². The van der Waals surface area contributed by atoms with E-state index >= 15 is 0 Å². The molecule has 0 aliphatic rings. The highest BCUT2D eigenvalue weighted by Gasteiger charge is 2.10. The van der Waals surface area contributed by atoms with Crippen molar-refractivity contribution in [2.75, 3.05) is 0 Å². The Morgan fingerprint density at radius 3 is 2.38 bits per heavy atom. The van der Waals surface area contributed by atoms with Crippen molar-refractivity contribution < 1.29 is 9.90 Å². The van der Waals surface area contributed by atoms with Gasteiger partial charge in [0.1, 0.15) is 0 Å². The number of carboxylic acid groups (broad SMARTS) is 1. The Hall–Kier alpha value is -0.880. The molecule has 0 heterocycles. The average molecular weight is 198 g/mol. The van der Waals surface area contributed by atoms with E-state index in [0.717, 1.165) is 5.56 Å². The van der Waals surface area contributed by atoms with Crippen LogP contribution in [-0.4, -0.2) is 11.1 Å². The van der Waals surface area contributed by atoms with Gasteiger partial charge in [-0.1, -0.05) is 37.3 Å². The zero-order valence-corrected chi connectivity index (χ0v) is 9.15. The molecule has 13 heavy (non-hydrogen) atoms. The van der Waals surface area contributed by atoms with Crippen LogP contribution in [0.3, 0.4) is 0 Å². The van der Waals surface area contributed by atoms with E-state index in [1.807, 2.05) is 30.3 Å². The molecule has 0 bridgehead atoms. The molecular weight excluding hydrogens is 183 g/mol. The third-order valence-corrected chi connectivity index (χ3v) is 1.81. The number of benzene rings is 1. The van der Waals surface area contributed by atoms with E-state index in [-0.39, 0.29) is 15.8 Å². The van der Waals surface area contributed by atoms with Crippen molar-refractivity contribution in [3.8, 4) is 0 Å². The molecule has 0 radical (unpaired) electrons. The summed E-state index contributed by atoms with van der Waals surface area (Å²) in [7, 11) is 0. The third-order valence-electron chi connectivity index (χ3n) is 1.81. The molecule has 0 spiro atoms. The van der Waals surface area contributed by atoms with Gasteiger partial charge in [0.25, 0.3) is 0 Å². The number of hydrogen-bond acceptors (Lipinski definition) is 1. The predicted octanol–water partition coefficient (Wildman–Crippen LogP) is 2.01. The van der Waals surface area contributed by atoms with Crippen molar-refractivity contribution in [1.29, 1.82) is 0 Å². The fraction of sp³-hybridized carbons (Fsp3) is 0.300. The minimum absolute atomic E-state index is 0. The maximum atomic E-state index is 10.5. The standard InChI is InChI=1S/C10H12O2.H3P/c1-8(10(11)12)7-9-5-3-2-4-6-9;/h2-6,8H,7H2,1H3,(H,11,12);1H3. The van der Waals surface area contributed by atoms with Crippen LogP contribution in [0.5, 0.6) is 0 Å². The summed E-state index contributed by atoms with van der Waals surface area (Å²) < 4.78 is 0. The fourth-order valence-corrected chi connectivity index (χ4v) is 1.05. The Labute approximate surface area is 81.6 Å². The van der Waals surface area contributed by atoms with Gasteiger partial charge in [-0.05, 0) is 12.0 Å². The molecule has 2 nitrogen and oxygen atoms in total. The quantitative estimate of drug-likeness (QED) is 0.754. The van der Waals surface area contributed by atoms with Crippen LogP contribution in [0.4, 0.5) is 0 Å². The van der Waals surface area contributed by atoms with E-state index in [1.165, 1.54) is 0 Å². The summed E-state index contributed by atoms with van der Waals surface area (Å²) in [6.45, 7) is 1.72. The van der Waals surface area contributed by atoms with Crippen molar-refractivity contribution in [2.24, 2.45) is 5.92 Å². The maximum absolute atomic E-state index is 10.5. The first-order valence-electron chi connectivity index (χ1n) is 3.97. The summed E-state index contributed by atoms with van der Waals surface area (Å²) in [5, 5.41) is 8.64. The fourth-order valence-electron chi connectivity index (χ4n) is 1.05. The lowest BCUT2D eigenvalue weighted by molar-refractivity contribution is -0.141. The lowest BCUT2D eigenvalue weighted by Crippen LogP contribution is -2.11. The number of carboxylic acids is 1. The highest BCUT2D eigenvalue weighted by molar-refractivity contribution is 6.92. The van der Waals surface area contributed by atoms with Crippen LogP contribution in [0, 0.1) is 5.92 Å². The summed E-state index contributed by atoms with van der Waals surface area (Å²) in [5.41, 5.74) is 1.08. The third kappa shape index (κ3) is 4.05. The topological polar surface area (TPSA) is 37.3 Å². The molecule has 1 aromatic rings.